The van der Waals surface area contributed by atoms with Gasteiger partial charge in [-0.05, 0) is 27.7 Å². The lowest BCUT2D eigenvalue weighted by Gasteiger charge is -2.22. The molecule has 0 spiro atoms. The Labute approximate surface area is 109 Å². The van der Waals surface area contributed by atoms with Gasteiger partial charge >= 0.3 is 12.1 Å². The zero-order valence-electron chi connectivity index (χ0n) is 11.7. The molecule has 104 valence electrons. The van der Waals surface area contributed by atoms with E-state index in [2.05, 4.69) is 6.58 Å². The smallest absolute Gasteiger partial charge is 0.410 e. The number of esters is 1. The number of amides is 1. The minimum absolute atomic E-state index is 0.143. The van der Waals surface area contributed by atoms with Gasteiger partial charge in [0.15, 0.2) is 0 Å². The summed E-state index contributed by atoms with van der Waals surface area (Å²) in [6.45, 7) is 11.6. The molecule has 0 aromatic rings. The first-order valence-corrected chi connectivity index (χ1v) is 6.04. The van der Waals surface area contributed by atoms with Crippen molar-refractivity contribution in [3.8, 4) is 0 Å². The van der Waals surface area contributed by atoms with Crippen molar-refractivity contribution >= 4 is 12.1 Å². The van der Waals surface area contributed by atoms with Crippen molar-refractivity contribution < 1.29 is 19.1 Å². The summed E-state index contributed by atoms with van der Waals surface area (Å²) < 4.78 is 10.0. The lowest BCUT2D eigenvalue weighted by atomic mass is 10.2. The van der Waals surface area contributed by atoms with Crippen LogP contribution in [-0.4, -0.2) is 42.3 Å². The highest BCUT2D eigenvalue weighted by Gasteiger charge is 2.19. The maximum atomic E-state index is 11.5. The van der Waals surface area contributed by atoms with Gasteiger partial charge in [0.2, 0.25) is 0 Å². The molecule has 0 unspecified atom stereocenters. The van der Waals surface area contributed by atoms with E-state index in [1.54, 1.807) is 33.8 Å². The van der Waals surface area contributed by atoms with Crippen molar-refractivity contribution in [2.75, 3.05) is 19.7 Å². The molecule has 0 fully saturated rings. The second-order valence-electron chi connectivity index (χ2n) is 4.77. The molecule has 0 saturated carbocycles. The molecule has 0 atom stereocenters. The van der Waals surface area contributed by atoms with Crippen molar-refractivity contribution in [1.29, 1.82) is 0 Å². The fourth-order valence-corrected chi connectivity index (χ4v) is 1.25. The third-order valence-electron chi connectivity index (χ3n) is 1.88. The summed E-state index contributed by atoms with van der Waals surface area (Å²) in [5.41, 5.74) is -0.510. The Kier molecular flexibility index (Phi) is 7.08. The Morgan fingerprint density at radius 3 is 2.39 bits per heavy atom. The standard InChI is InChI=1S/C13H23NO4/c1-6-9-14(12(16)17-7-2)10-8-11(15)18-13(3,4)5/h6H,1,7-10H2,2-5H3. The summed E-state index contributed by atoms with van der Waals surface area (Å²) in [5, 5.41) is 0. The Hall–Kier alpha value is -1.52. The summed E-state index contributed by atoms with van der Waals surface area (Å²) in [5.74, 6) is -0.333. The second-order valence-corrected chi connectivity index (χ2v) is 4.77. The van der Waals surface area contributed by atoms with Gasteiger partial charge in [0.05, 0.1) is 13.0 Å². The Morgan fingerprint density at radius 2 is 1.94 bits per heavy atom. The molecule has 5 heteroatoms. The number of nitrogens with zero attached hydrogens (tertiary/aromatic N) is 1. The highest BCUT2D eigenvalue weighted by atomic mass is 16.6. The van der Waals surface area contributed by atoms with Gasteiger partial charge in [-0.3, -0.25) is 4.79 Å². The summed E-state index contributed by atoms with van der Waals surface area (Å²) in [6, 6.07) is 0. The van der Waals surface area contributed by atoms with Gasteiger partial charge in [-0.1, -0.05) is 6.08 Å². The zero-order valence-corrected chi connectivity index (χ0v) is 11.7. The predicted octanol–water partition coefficient (Wildman–Crippen LogP) is 2.36. The average molecular weight is 257 g/mol. The van der Waals surface area contributed by atoms with E-state index in [0.29, 0.717) is 13.2 Å². The highest BCUT2D eigenvalue weighted by Crippen LogP contribution is 2.08. The van der Waals surface area contributed by atoms with E-state index in [9.17, 15) is 9.59 Å². The SMILES string of the molecule is C=CCN(CCC(=O)OC(C)(C)C)C(=O)OCC. The third-order valence-corrected chi connectivity index (χ3v) is 1.88. The molecule has 18 heavy (non-hydrogen) atoms. The third kappa shape index (κ3) is 7.70. The van der Waals surface area contributed by atoms with Gasteiger partial charge in [-0.25, -0.2) is 4.79 Å². The zero-order chi connectivity index (χ0) is 14.2. The lowest BCUT2D eigenvalue weighted by Crippen LogP contribution is -2.35. The predicted molar refractivity (Wildman–Crippen MR) is 69.3 cm³/mol. The second kappa shape index (κ2) is 7.74. The first-order chi connectivity index (χ1) is 8.30. The fourth-order valence-electron chi connectivity index (χ4n) is 1.25. The van der Waals surface area contributed by atoms with Crippen LogP contribution in [0.15, 0.2) is 12.7 Å². The Bertz CT molecular complexity index is 294. The van der Waals surface area contributed by atoms with Gasteiger partial charge < -0.3 is 14.4 Å². The van der Waals surface area contributed by atoms with Gasteiger partial charge in [0.25, 0.3) is 0 Å². The van der Waals surface area contributed by atoms with Crippen molar-refractivity contribution in [3.63, 3.8) is 0 Å². The molecule has 5 nitrogen and oxygen atoms in total. The van der Waals surface area contributed by atoms with Crippen molar-refractivity contribution in [2.45, 2.75) is 39.7 Å². The minimum Gasteiger partial charge on any atom is -0.460 e. The molecular formula is C13H23NO4. The normalized spacial score (nSPS) is 10.7. The minimum atomic E-state index is -0.510. The van der Waals surface area contributed by atoms with Gasteiger partial charge in [-0.2, -0.15) is 0 Å². The van der Waals surface area contributed by atoms with Gasteiger partial charge in [-0.15, -0.1) is 6.58 Å². The molecule has 0 aliphatic rings. The maximum absolute atomic E-state index is 11.5. The molecule has 1 amide bonds. The van der Waals surface area contributed by atoms with Crippen LogP contribution in [0, 0.1) is 0 Å². The Balaban J connectivity index is 4.22. The fraction of sp³-hybridized carbons (Fsp3) is 0.692. The summed E-state index contributed by atoms with van der Waals surface area (Å²) in [6.07, 6.45) is 1.29. The molecule has 0 aliphatic heterocycles. The molecule has 0 heterocycles. The average Bonchev–Trinajstić information content (AvgIpc) is 2.21. The molecule has 0 radical (unpaired) electrons. The van der Waals surface area contributed by atoms with Crippen LogP contribution in [0.5, 0.6) is 0 Å². The molecule has 0 aromatic heterocycles. The quantitative estimate of drug-likeness (QED) is 0.541. The van der Waals surface area contributed by atoms with Crippen LogP contribution in [-0.2, 0) is 14.3 Å². The number of hydrogen-bond acceptors (Lipinski definition) is 4. The van der Waals surface area contributed by atoms with Crippen LogP contribution in [0.25, 0.3) is 0 Å². The van der Waals surface area contributed by atoms with E-state index in [0.717, 1.165) is 0 Å². The summed E-state index contributed by atoms with van der Waals surface area (Å²) in [4.78, 5) is 24.5. The van der Waals surface area contributed by atoms with E-state index < -0.39 is 11.7 Å². The molecular weight excluding hydrogens is 234 g/mol. The van der Waals surface area contributed by atoms with E-state index in [-0.39, 0.29) is 18.9 Å². The number of carbonyl (C=O) groups is 2. The van der Waals surface area contributed by atoms with Crippen LogP contribution >= 0.6 is 0 Å². The molecule has 0 bridgehead atoms. The molecule has 0 rings (SSSR count). The monoisotopic (exact) mass is 257 g/mol. The largest absolute Gasteiger partial charge is 0.460 e. The van der Waals surface area contributed by atoms with Crippen LogP contribution in [0.2, 0.25) is 0 Å². The number of rotatable bonds is 6. The van der Waals surface area contributed by atoms with E-state index in [4.69, 9.17) is 9.47 Å². The van der Waals surface area contributed by atoms with Gasteiger partial charge in [0, 0.05) is 13.1 Å². The molecule has 0 aliphatic carbocycles. The molecule has 0 N–H and O–H groups in total. The Morgan fingerprint density at radius 1 is 1.33 bits per heavy atom. The number of ether oxygens (including phenoxy) is 2. The van der Waals surface area contributed by atoms with Crippen LogP contribution < -0.4 is 0 Å². The van der Waals surface area contributed by atoms with E-state index in [1.807, 2.05) is 0 Å². The molecule has 0 aromatic carbocycles. The first-order valence-electron chi connectivity index (χ1n) is 6.04. The van der Waals surface area contributed by atoms with Crippen molar-refractivity contribution in [2.24, 2.45) is 0 Å². The topological polar surface area (TPSA) is 55.8 Å². The van der Waals surface area contributed by atoms with Crippen molar-refractivity contribution in [1.82, 2.24) is 4.90 Å². The van der Waals surface area contributed by atoms with Crippen LogP contribution in [0.3, 0.4) is 0 Å². The van der Waals surface area contributed by atoms with E-state index >= 15 is 0 Å². The number of hydrogen-bond donors (Lipinski definition) is 0. The van der Waals surface area contributed by atoms with Crippen LogP contribution in [0.4, 0.5) is 4.79 Å². The summed E-state index contributed by atoms with van der Waals surface area (Å²) >= 11 is 0. The highest BCUT2D eigenvalue weighted by molar-refractivity contribution is 5.72. The lowest BCUT2D eigenvalue weighted by molar-refractivity contribution is -0.155. The van der Waals surface area contributed by atoms with Gasteiger partial charge in [0.1, 0.15) is 5.60 Å². The number of carbonyl (C=O) groups excluding carboxylic acids is 2. The maximum Gasteiger partial charge on any atom is 0.410 e. The molecule has 0 saturated heterocycles. The summed E-state index contributed by atoms with van der Waals surface area (Å²) in [7, 11) is 0. The first kappa shape index (κ1) is 16.5. The van der Waals surface area contributed by atoms with Crippen LogP contribution in [0.1, 0.15) is 34.1 Å². The van der Waals surface area contributed by atoms with E-state index in [1.165, 1.54) is 4.90 Å². The van der Waals surface area contributed by atoms with Crippen molar-refractivity contribution in [3.05, 3.63) is 12.7 Å².